The maximum absolute atomic E-state index is 6.15. The van der Waals surface area contributed by atoms with E-state index >= 15 is 0 Å². The van der Waals surface area contributed by atoms with Crippen molar-refractivity contribution < 1.29 is 0 Å². The van der Waals surface area contributed by atoms with Crippen LogP contribution in [0.3, 0.4) is 0 Å². The fourth-order valence-electron chi connectivity index (χ4n) is 2.31. The summed E-state index contributed by atoms with van der Waals surface area (Å²) < 4.78 is 0. The van der Waals surface area contributed by atoms with Gasteiger partial charge in [-0.05, 0) is 38.1 Å². The normalized spacial score (nSPS) is 19.7. The minimum Gasteiger partial charge on any atom is -0.313 e. The van der Waals surface area contributed by atoms with Crippen molar-refractivity contribution in [2.45, 2.75) is 32.4 Å². The van der Waals surface area contributed by atoms with Crippen molar-refractivity contribution in [1.29, 1.82) is 0 Å². The molecule has 5 heteroatoms. The number of halogens is 2. The fraction of sp³-hybridized carbons (Fsp3) is 0.615. The number of nitrogens with one attached hydrogen (secondary N) is 1. The Morgan fingerprint density at radius 2 is 2.28 bits per heavy atom. The van der Waals surface area contributed by atoms with E-state index in [-0.39, 0.29) is 0 Å². The quantitative estimate of drug-likeness (QED) is 0.844. The minimum atomic E-state index is 0.504. The van der Waals surface area contributed by atoms with Gasteiger partial charge in [-0.25, -0.2) is 4.98 Å². The van der Waals surface area contributed by atoms with Crippen LogP contribution in [0.15, 0.2) is 12.1 Å². The third-order valence-electron chi connectivity index (χ3n) is 3.35. The van der Waals surface area contributed by atoms with E-state index in [0.717, 1.165) is 31.9 Å². The van der Waals surface area contributed by atoms with Gasteiger partial charge in [-0.3, -0.25) is 4.90 Å². The zero-order valence-corrected chi connectivity index (χ0v) is 12.1. The highest BCUT2D eigenvalue weighted by molar-refractivity contribution is 6.32. The van der Waals surface area contributed by atoms with Crippen LogP contribution in [0.1, 0.15) is 25.5 Å². The largest absolute Gasteiger partial charge is 0.313 e. The van der Waals surface area contributed by atoms with E-state index in [1.54, 1.807) is 6.07 Å². The molecule has 1 fully saturated rings. The predicted molar refractivity (Wildman–Crippen MR) is 76.2 cm³/mol. The lowest BCUT2D eigenvalue weighted by molar-refractivity contribution is 0.251. The average molecular weight is 288 g/mol. The van der Waals surface area contributed by atoms with E-state index < -0.39 is 0 Å². The molecule has 2 rings (SSSR count). The molecule has 0 radical (unpaired) electrons. The van der Waals surface area contributed by atoms with Gasteiger partial charge in [-0.15, -0.1) is 0 Å². The highest BCUT2D eigenvalue weighted by Gasteiger charge is 2.18. The molecule has 0 bridgehead atoms. The van der Waals surface area contributed by atoms with Gasteiger partial charge < -0.3 is 5.32 Å². The number of hydrogen-bond acceptors (Lipinski definition) is 3. The molecule has 1 aliphatic rings. The summed E-state index contributed by atoms with van der Waals surface area (Å²) in [6, 6.07) is 4.14. The van der Waals surface area contributed by atoms with Gasteiger partial charge in [0.05, 0.1) is 10.7 Å². The second-order valence-electron chi connectivity index (χ2n) is 4.68. The van der Waals surface area contributed by atoms with Gasteiger partial charge in [0.25, 0.3) is 0 Å². The first-order chi connectivity index (χ1) is 8.69. The average Bonchev–Trinajstić information content (AvgIpc) is 2.85. The standard InChI is InChI=1S/C13H19Cl2N3/c1-2-18(8-10-4-3-7-16-10)9-12-11(14)5-6-13(15)17-12/h5-6,10,16H,2-4,7-9H2,1H3. The van der Waals surface area contributed by atoms with Crippen LogP contribution in [0.4, 0.5) is 0 Å². The third-order valence-corrected chi connectivity index (χ3v) is 3.90. The molecule has 0 saturated carbocycles. The van der Waals surface area contributed by atoms with Crippen LogP contribution in [0.25, 0.3) is 0 Å². The summed E-state index contributed by atoms with van der Waals surface area (Å²) in [6.45, 7) is 6.09. The molecule has 3 nitrogen and oxygen atoms in total. The minimum absolute atomic E-state index is 0.504. The SMILES string of the molecule is CCN(Cc1nc(Cl)ccc1Cl)CC1CCCN1. The summed E-state index contributed by atoms with van der Waals surface area (Å²) in [6.07, 6.45) is 2.53. The second-order valence-corrected chi connectivity index (χ2v) is 5.48. The molecular formula is C13H19Cl2N3. The molecule has 1 aliphatic heterocycles. The lowest BCUT2D eigenvalue weighted by Crippen LogP contribution is -2.37. The van der Waals surface area contributed by atoms with E-state index in [1.165, 1.54) is 12.8 Å². The molecule has 1 saturated heterocycles. The van der Waals surface area contributed by atoms with Crippen LogP contribution in [0.2, 0.25) is 10.2 Å². The molecular weight excluding hydrogens is 269 g/mol. The Morgan fingerprint density at radius 1 is 1.44 bits per heavy atom. The van der Waals surface area contributed by atoms with Crippen LogP contribution in [0, 0.1) is 0 Å². The van der Waals surface area contributed by atoms with Crippen LogP contribution < -0.4 is 5.32 Å². The molecule has 1 aromatic heterocycles. The third kappa shape index (κ3) is 3.82. The van der Waals surface area contributed by atoms with Crippen molar-refractivity contribution in [3.05, 3.63) is 28.0 Å². The lowest BCUT2D eigenvalue weighted by Gasteiger charge is -2.24. The van der Waals surface area contributed by atoms with Gasteiger partial charge in [0.1, 0.15) is 5.15 Å². The smallest absolute Gasteiger partial charge is 0.129 e. The Balaban J connectivity index is 1.98. The molecule has 0 spiro atoms. The van der Waals surface area contributed by atoms with Gasteiger partial charge in [0.15, 0.2) is 0 Å². The topological polar surface area (TPSA) is 28.2 Å². The molecule has 1 unspecified atom stereocenters. The Bertz CT molecular complexity index is 392. The summed E-state index contributed by atoms with van der Waals surface area (Å²) in [5.41, 5.74) is 0.865. The summed E-state index contributed by atoms with van der Waals surface area (Å²) in [5, 5.41) is 4.71. The number of hydrogen-bond donors (Lipinski definition) is 1. The molecule has 100 valence electrons. The van der Waals surface area contributed by atoms with Crippen molar-refractivity contribution in [3.8, 4) is 0 Å². The molecule has 0 amide bonds. The Morgan fingerprint density at radius 3 is 2.94 bits per heavy atom. The highest BCUT2D eigenvalue weighted by atomic mass is 35.5. The monoisotopic (exact) mass is 287 g/mol. The van der Waals surface area contributed by atoms with Crippen LogP contribution >= 0.6 is 23.2 Å². The summed E-state index contributed by atoms with van der Waals surface area (Å²) >= 11 is 12.1. The number of likely N-dealkylation sites (N-methyl/N-ethyl adjacent to an activating group) is 1. The highest BCUT2D eigenvalue weighted by Crippen LogP contribution is 2.19. The summed E-state index contributed by atoms with van der Waals surface area (Å²) in [4.78, 5) is 6.66. The van der Waals surface area contributed by atoms with Crippen LogP contribution in [0.5, 0.6) is 0 Å². The van der Waals surface area contributed by atoms with E-state index in [9.17, 15) is 0 Å². The van der Waals surface area contributed by atoms with Crippen LogP contribution in [-0.4, -0.2) is 35.6 Å². The Hall–Kier alpha value is -0.350. The first-order valence-electron chi connectivity index (χ1n) is 6.45. The maximum atomic E-state index is 6.15. The Kier molecular flexibility index (Phi) is 5.25. The van der Waals surface area contributed by atoms with E-state index in [4.69, 9.17) is 23.2 Å². The number of rotatable bonds is 5. The van der Waals surface area contributed by atoms with Gasteiger partial charge in [0, 0.05) is 19.1 Å². The van der Waals surface area contributed by atoms with Gasteiger partial charge in [-0.2, -0.15) is 0 Å². The predicted octanol–water partition coefficient (Wildman–Crippen LogP) is 2.96. The van der Waals surface area contributed by atoms with Gasteiger partial charge in [-0.1, -0.05) is 30.1 Å². The molecule has 2 heterocycles. The molecule has 1 N–H and O–H groups in total. The molecule has 18 heavy (non-hydrogen) atoms. The molecule has 0 aromatic carbocycles. The zero-order chi connectivity index (χ0) is 13.0. The molecule has 0 aliphatic carbocycles. The second kappa shape index (κ2) is 6.71. The lowest BCUT2D eigenvalue weighted by atomic mass is 10.2. The fourth-order valence-corrected chi connectivity index (χ4v) is 2.64. The van der Waals surface area contributed by atoms with Crippen molar-refractivity contribution in [3.63, 3.8) is 0 Å². The first-order valence-corrected chi connectivity index (χ1v) is 7.21. The number of aromatic nitrogens is 1. The van der Waals surface area contributed by atoms with Crippen molar-refractivity contribution >= 4 is 23.2 Å². The van der Waals surface area contributed by atoms with Crippen molar-refractivity contribution in [2.24, 2.45) is 0 Å². The van der Waals surface area contributed by atoms with E-state index in [2.05, 4.69) is 22.1 Å². The van der Waals surface area contributed by atoms with Gasteiger partial charge >= 0.3 is 0 Å². The van der Waals surface area contributed by atoms with Crippen molar-refractivity contribution in [1.82, 2.24) is 15.2 Å². The van der Waals surface area contributed by atoms with Crippen LogP contribution in [-0.2, 0) is 6.54 Å². The number of pyridine rings is 1. The zero-order valence-electron chi connectivity index (χ0n) is 10.6. The summed E-state index contributed by atoms with van der Waals surface area (Å²) in [5.74, 6) is 0. The molecule has 1 aromatic rings. The first kappa shape index (κ1) is 14.1. The summed E-state index contributed by atoms with van der Waals surface area (Å²) in [7, 11) is 0. The molecule has 1 atom stereocenters. The maximum Gasteiger partial charge on any atom is 0.129 e. The van der Waals surface area contributed by atoms with Crippen molar-refractivity contribution in [2.75, 3.05) is 19.6 Å². The van der Waals surface area contributed by atoms with Gasteiger partial charge in [0.2, 0.25) is 0 Å². The number of nitrogens with zero attached hydrogens (tertiary/aromatic N) is 2. The Labute approximate surface area is 118 Å². The van der Waals surface area contributed by atoms with E-state index in [0.29, 0.717) is 16.2 Å². The van der Waals surface area contributed by atoms with E-state index in [1.807, 2.05) is 6.07 Å².